The number of nitrogens with one attached hydrogen (secondary N) is 1. The smallest absolute Gasteiger partial charge is 0.260 e. The SMILES string of the molecule is Cc1cc(OCC(=O)N(C)CC(=O)NC(C)(C)C)ccc1C(C)C. The van der Waals surface area contributed by atoms with E-state index in [4.69, 9.17) is 4.74 Å². The van der Waals surface area contributed by atoms with E-state index in [-0.39, 0.29) is 30.5 Å². The molecule has 0 aliphatic heterocycles. The summed E-state index contributed by atoms with van der Waals surface area (Å²) in [6.07, 6.45) is 0. The molecule has 134 valence electrons. The minimum Gasteiger partial charge on any atom is -0.484 e. The number of hydrogen-bond donors (Lipinski definition) is 1. The van der Waals surface area contributed by atoms with Crippen molar-refractivity contribution in [3.05, 3.63) is 29.3 Å². The maximum atomic E-state index is 12.1. The Kier molecular flexibility index (Phi) is 6.81. The molecule has 24 heavy (non-hydrogen) atoms. The average Bonchev–Trinajstić information content (AvgIpc) is 2.42. The first-order valence-corrected chi connectivity index (χ1v) is 8.28. The molecule has 0 aliphatic rings. The summed E-state index contributed by atoms with van der Waals surface area (Å²) in [5.74, 6) is 0.700. The first kappa shape index (κ1) is 20.0. The van der Waals surface area contributed by atoms with Crippen molar-refractivity contribution in [3.63, 3.8) is 0 Å². The van der Waals surface area contributed by atoms with Crippen LogP contribution >= 0.6 is 0 Å². The van der Waals surface area contributed by atoms with Gasteiger partial charge >= 0.3 is 0 Å². The van der Waals surface area contributed by atoms with Crippen LogP contribution in [-0.4, -0.2) is 42.5 Å². The molecular formula is C19H30N2O3. The van der Waals surface area contributed by atoms with Gasteiger partial charge in [-0.25, -0.2) is 0 Å². The number of benzene rings is 1. The van der Waals surface area contributed by atoms with Gasteiger partial charge in [-0.2, -0.15) is 0 Å². The number of carbonyl (C=O) groups is 2. The van der Waals surface area contributed by atoms with E-state index in [9.17, 15) is 9.59 Å². The van der Waals surface area contributed by atoms with Crippen molar-refractivity contribution >= 4 is 11.8 Å². The summed E-state index contributed by atoms with van der Waals surface area (Å²) in [5.41, 5.74) is 2.10. The fourth-order valence-electron chi connectivity index (χ4n) is 2.40. The summed E-state index contributed by atoms with van der Waals surface area (Å²) in [5, 5.41) is 2.83. The highest BCUT2D eigenvalue weighted by Crippen LogP contribution is 2.23. The van der Waals surface area contributed by atoms with Gasteiger partial charge in [-0.15, -0.1) is 0 Å². The fourth-order valence-corrected chi connectivity index (χ4v) is 2.40. The molecule has 0 spiro atoms. The second-order valence-electron chi connectivity index (χ2n) is 7.51. The molecule has 1 rings (SSSR count). The zero-order valence-corrected chi connectivity index (χ0v) is 15.9. The number of nitrogens with zero attached hydrogens (tertiary/aromatic N) is 1. The maximum Gasteiger partial charge on any atom is 0.260 e. The van der Waals surface area contributed by atoms with Crippen molar-refractivity contribution in [2.45, 2.75) is 53.0 Å². The molecule has 0 saturated heterocycles. The van der Waals surface area contributed by atoms with Crippen molar-refractivity contribution in [1.29, 1.82) is 0 Å². The van der Waals surface area contributed by atoms with Crippen LogP contribution in [0.5, 0.6) is 5.75 Å². The summed E-state index contributed by atoms with van der Waals surface area (Å²) < 4.78 is 5.56. The van der Waals surface area contributed by atoms with E-state index in [0.29, 0.717) is 11.7 Å². The Morgan fingerprint density at radius 3 is 2.38 bits per heavy atom. The molecule has 0 fully saturated rings. The lowest BCUT2D eigenvalue weighted by Gasteiger charge is -2.23. The number of rotatable bonds is 6. The molecule has 0 saturated carbocycles. The summed E-state index contributed by atoms with van der Waals surface area (Å²) in [4.78, 5) is 25.3. The van der Waals surface area contributed by atoms with E-state index >= 15 is 0 Å². The Hall–Kier alpha value is -2.04. The van der Waals surface area contributed by atoms with Crippen LogP contribution < -0.4 is 10.1 Å². The molecule has 0 radical (unpaired) electrons. The molecule has 2 amide bonds. The first-order chi connectivity index (χ1) is 11.0. The predicted molar refractivity (Wildman–Crippen MR) is 96.3 cm³/mol. The molecule has 0 aromatic heterocycles. The van der Waals surface area contributed by atoms with Gasteiger partial charge in [0.05, 0.1) is 6.54 Å². The van der Waals surface area contributed by atoms with Crippen LogP contribution in [0.4, 0.5) is 0 Å². The third-order valence-electron chi connectivity index (χ3n) is 3.55. The zero-order valence-electron chi connectivity index (χ0n) is 15.9. The maximum absolute atomic E-state index is 12.1. The van der Waals surface area contributed by atoms with Crippen LogP contribution in [0.1, 0.15) is 51.7 Å². The largest absolute Gasteiger partial charge is 0.484 e. The van der Waals surface area contributed by atoms with Crippen LogP contribution in [0.25, 0.3) is 0 Å². The first-order valence-electron chi connectivity index (χ1n) is 8.28. The fraction of sp³-hybridized carbons (Fsp3) is 0.579. The van der Waals surface area contributed by atoms with Gasteiger partial charge < -0.3 is 15.0 Å². The zero-order chi connectivity index (χ0) is 18.5. The number of hydrogen-bond acceptors (Lipinski definition) is 3. The third-order valence-corrected chi connectivity index (χ3v) is 3.55. The van der Waals surface area contributed by atoms with E-state index < -0.39 is 0 Å². The van der Waals surface area contributed by atoms with Crippen molar-refractivity contribution in [1.82, 2.24) is 10.2 Å². The minimum absolute atomic E-state index is 0.0186. The number of ether oxygens (including phenoxy) is 1. The van der Waals surface area contributed by atoms with Gasteiger partial charge in [0.1, 0.15) is 5.75 Å². The Labute approximate surface area is 145 Å². The second kappa shape index (κ2) is 8.18. The van der Waals surface area contributed by atoms with E-state index in [1.807, 2.05) is 45.9 Å². The van der Waals surface area contributed by atoms with Crippen LogP contribution in [0.2, 0.25) is 0 Å². The van der Waals surface area contributed by atoms with Gasteiger partial charge in [-0.1, -0.05) is 19.9 Å². The van der Waals surface area contributed by atoms with Crippen molar-refractivity contribution in [3.8, 4) is 5.75 Å². The lowest BCUT2D eigenvalue weighted by molar-refractivity contribution is -0.136. The van der Waals surface area contributed by atoms with E-state index in [1.54, 1.807) is 7.05 Å². The second-order valence-corrected chi connectivity index (χ2v) is 7.51. The van der Waals surface area contributed by atoms with Crippen LogP contribution in [0, 0.1) is 6.92 Å². The van der Waals surface area contributed by atoms with Crippen LogP contribution in [-0.2, 0) is 9.59 Å². The molecule has 1 aromatic rings. The lowest BCUT2D eigenvalue weighted by Crippen LogP contribution is -2.47. The minimum atomic E-state index is -0.312. The van der Waals surface area contributed by atoms with Gasteiger partial charge in [0, 0.05) is 12.6 Å². The number of likely N-dealkylation sites (N-methyl/N-ethyl adjacent to an activating group) is 1. The molecule has 0 bridgehead atoms. The highest BCUT2D eigenvalue weighted by Gasteiger charge is 2.18. The molecule has 5 heteroatoms. The third kappa shape index (κ3) is 6.60. The summed E-state index contributed by atoms with van der Waals surface area (Å²) in [7, 11) is 1.60. The standard InChI is InChI=1S/C19H30N2O3/c1-13(2)16-9-8-15(10-14(16)3)24-12-18(23)21(7)11-17(22)20-19(4,5)6/h8-10,13H,11-12H2,1-7H3,(H,20,22). The van der Waals surface area contributed by atoms with E-state index in [1.165, 1.54) is 10.5 Å². The highest BCUT2D eigenvalue weighted by atomic mass is 16.5. The van der Waals surface area contributed by atoms with Crippen LogP contribution in [0.3, 0.4) is 0 Å². The van der Waals surface area contributed by atoms with Gasteiger partial charge in [-0.3, -0.25) is 9.59 Å². The highest BCUT2D eigenvalue weighted by molar-refractivity contribution is 5.85. The quantitative estimate of drug-likeness (QED) is 0.870. The van der Waals surface area contributed by atoms with Gasteiger partial charge in [0.25, 0.3) is 5.91 Å². The lowest BCUT2D eigenvalue weighted by atomic mass is 9.98. The Morgan fingerprint density at radius 2 is 1.88 bits per heavy atom. The number of carbonyl (C=O) groups excluding carboxylic acids is 2. The Morgan fingerprint density at radius 1 is 1.25 bits per heavy atom. The van der Waals surface area contributed by atoms with Crippen molar-refractivity contribution < 1.29 is 14.3 Å². The molecule has 5 nitrogen and oxygen atoms in total. The number of aryl methyl sites for hydroxylation is 1. The van der Waals surface area contributed by atoms with Crippen molar-refractivity contribution in [2.24, 2.45) is 0 Å². The van der Waals surface area contributed by atoms with Gasteiger partial charge in [0.15, 0.2) is 6.61 Å². The molecule has 0 unspecified atom stereocenters. The van der Waals surface area contributed by atoms with Crippen LogP contribution in [0.15, 0.2) is 18.2 Å². The summed E-state index contributed by atoms with van der Waals surface area (Å²) >= 11 is 0. The molecule has 0 aliphatic carbocycles. The molecule has 1 N–H and O–H groups in total. The van der Waals surface area contributed by atoms with Crippen molar-refractivity contribution in [2.75, 3.05) is 20.2 Å². The topological polar surface area (TPSA) is 58.6 Å². The number of amides is 2. The summed E-state index contributed by atoms with van der Waals surface area (Å²) in [6.45, 7) is 12.0. The molecule has 0 atom stereocenters. The van der Waals surface area contributed by atoms with E-state index in [2.05, 4.69) is 19.2 Å². The molecular weight excluding hydrogens is 304 g/mol. The van der Waals surface area contributed by atoms with Gasteiger partial charge in [-0.05, 0) is 56.9 Å². The van der Waals surface area contributed by atoms with E-state index in [0.717, 1.165) is 5.56 Å². The molecule has 1 aromatic carbocycles. The monoisotopic (exact) mass is 334 g/mol. The van der Waals surface area contributed by atoms with Gasteiger partial charge in [0.2, 0.25) is 5.91 Å². The molecule has 0 heterocycles. The predicted octanol–water partition coefficient (Wildman–Crippen LogP) is 2.87. The Balaban J connectivity index is 2.53. The Bertz CT molecular complexity index is 589. The normalized spacial score (nSPS) is 11.3. The average molecular weight is 334 g/mol. The summed E-state index contributed by atoms with van der Waals surface area (Å²) in [6, 6.07) is 5.84.